The molecule has 0 saturated heterocycles. The van der Waals surface area contributed by atoms with Crippen molar-refractivity contribution in [1.29, 1.82) is 0 Å². The lowest BCUT2D eigenvalue weighted by molar-refractivity contribution is 0.690. The molecule has 3 heteroatoms. The number of nitrogens with two attached hydrogens (primary N) is 1. The molecule has 3 N–H and O–H groups in total. The van der Waals surface area contributed by atoms with Crippen molar-refractivity contribution >= 4 is 11.5 Å². The number of hydrogen-bond donors (Lipinski definition) is 2. The van der Waals surface area contributed by atoms with Crippen LogP contribution in [0, 0.1) is 0 Å². The van der Waals surface area contributed by atoms with Gasteiger partial charge in [-0.15, -0.1) is 0 Å². The summed E-state index contributed by atoms with van der Waals surface area (Å²) in [5.74, 6) is 0.564. The molecule has 0 aliphatic rings. The highest BCUT2D eigenvalue weighted by atomic mass is 14.9. The monoisotopic (exact) mass is 179 g/mol. The Labute approximate surface area is 79.4 Å². The van der Waals surface area contributed by atoms with E-state index < -0.39 is 0 Å². The van der Waals surface area contributed by atoms with Gasteiger partial charge in [-0.2, -0.15) is 0 Å². The number of nitrogens with zero attached hydrogens (tertiary/aromatic N) is 1. The van der Waals surface area contributed by atoms with E-state index in [4.69, 9.17) is 5.73 Å². The summed E-state index contributed by atoms with van der Waals surface area (Å²) in [4.78, 5) is 4.01. The molecule has 3 nitrogen and oxygen atoms in total. The molecule has 1 aromatic heterocycles. The first kappa shape index (κ1) is 9.84. The smallest absolute Gasteiger partial charge is 0.123 e. The molecule has 72 valence electrons. The van der Waals surface area contributed by atoms with Crippen LogP contribution in [0.2, 0.25) is 0 Å². The predicted octanol–water partition coefficient (Wildman–Crippen LogP) is 2.26. The van der Waals surface area contributed by atoms with Gasteiger partial charge in [0.1, 0.15) is 5.82 Å². The van der Waals surface area contributed by atoms with Crippen molar-refractivity contribution in [3.63, 3.8) is 0 Å². The maximum absolute atomic E-state index is 5.48. The molecular formula is C10H17N3. The lowest BCUT2D eigenvalue weighted by Gasteiger charge is -2.13. The van der Waals surface area contributed by atoms with E-state index in [-0.39, 0.29) is 0 Å². The fraction of sp³-hybridized carbons (Fsp3) is 0.500. The summed E-state index contributed by atoms with van der Waals surface area (Å²) in [6.45, 7) is 4.35. The van der Waals surface area contributed by atoms with Crippen LogP contribution in [-0.2, 0) is 0 Å². The molecule has 0 aliphatic carbocycles. The van der Waals surface area contributed by atoms with Gasteiger partial charge in [0.15, 0.2) is 0 Å². The van der Waals surface area contributed by atoms with Gasteiger partial charge >= 0.3 is 0 Å². The minimum absolute atomic E-state index is 0.496. The van der Waals surface area contributed by atoms with E-state index in [1.54, 1.807) is 12.3 Å². The van der Waals surface area contributed by atoms with Gasteiger partial charge in [0.25, 0.3) is 0 Å². The molecule has 0 radical (unpaired) electrons. The number of anilines is 2. The summed E-state index contributed by atoms with van der Waals surface area (Å²) in [6, 6.07) is 4.26. The van der Waals surface area contributed by atoms with E-state index in [1.165, 1.54) is 12.8 Å². The molecular weight excluding hydrogens is 162 g/mol. The molecule has 0 spiro atoms. The second-order valence-corrected chi connectivity index (χ2v) is 3.31. The van der Waals surface area contributed by atoms with Crippen LogP contribution in [0.1, 0.15) is 26.7 Å². The van der Waals surface area contributed by atoms with Gasteiger partial charge in [-0.25, -0.2) is 4.98 Å². The molecule has 0 saturated carbocycles. The first-order valence-electron chi connectivity index (χ1n) is 4.70. The second kappa shape index (κ2) is 4.70. The number of pyridine rings is 1. The maximum atomic E-state index is 5.48. The summed E-state index contributed by atoms with van der Waals surface area (Å²) in [7, 11) is 0. The number of nitrogens with one attached hydrogen (secondary N) is 1. The number of rotatable bonds is 4. The highest BCUT2D eigenvalue weighted by Crippen LogP contribution is 2.10. The number of hydrogen-bond acceptors (Lipinski definition) is 3. The third-order valence-corrected chi connectivity index (χ3v) is 1.92. The third kappa shape index (κ3) is 3.32. The first-order chi connectivity index (χ1) is 6.22. The Balaban J connectivity index is 2.49. The standard InChI is InChI=1S/C10H17N3/c1-3-4-8(2)13-9-5-6-10(11)12-7-9/h5-8,13H,3-4H2,1-2H3,(H2,11,12). The van der Waals surface area contributed by atoms with Crippen molar-refractivity contribution in [2.24, 2.45) is 0 Å². The largest absolute Gasteiger partial charge is 0.384 e. The summed E-state index contributed by atoms with van der Waals surface area (Å²) in [5, 5.41) is 3.35. The van der Waals surface area contributed by atoms with Crippen molar-refractivity contribution < 1.29 is 0 Å². The molecule has 1 aromatic rings. The third-order valence-electron chi connectivity index (χ3n) is 1.92. The molecule has 1 atom stereocenters. The Kier molecular flexibility index (Phi) is 3.55. The fourth-order valence-electron chi connectivity index (χ4n) is 1.28. The topological polar surface area (TPSA) is 50.9 Å². The average Bonchev–Trinajstić information content (AvgIpc) is 2.09. The quantitative estimate of drug-likeness (QED) is 0.745. The minimum Gasteiger partial charge on any atom is -0.384 e. The van der Waals surface area contributed by atoms with E-state index in [2.05, 4.69) is 24.1 Å². The Morgan fingerprint density at radius 3 is 2.85 bits per heavy atom. The summed E-state index contributed by atoms with van der Waals surface area (Å²) < 4.78 is 0. The fourth-order valence-corrected chi connectivity index (χ4v) is 1.28. The highest BCUT2D eigenvalue weighted by Gasteiger charge is 1.99. The minimum atomic E-state index is 0.496. The van der Waals surface area contributed by atoms with Crippen LogP contribution in [0.25, 0.3) is 0 Å². The van der Waals surface area contributed by atoms with E-state index in [9.17, 15) is 0 Å². The molecule has 1 heterocycles. The molecule has 0 fully saturated rings. The molecule has 0 bridgehead atoms. The van der Waals surface area contributed by atoms with Crippen molar-refractivity contribution in [3.05, 3.63) is 18.3 Å². The van der Waals surface area contributed by atoms with Crippen LogP contribution in [0.3, 0.4) is 0 Å². The second-order valence-electron chi connectivity index (χ2n) is 3.31. The Morgan fingerprint density at radius 1 is 1.54 bits per heavy atom. The van der Waals surface area contributed by atoms with Crippen LogP contribution in [0.15, 0.2) is 18.3 Å². The zero-order valence-electron chi connectivity index (χ0n) is 8.25. The molecule has 0 aromatic carbocycles. The van der Waals surface area contributed by atoms with Crippen LogP contribution in [0.4, 0.5) is 11.5 Å². The van der Waals surface area contributed by atoms with Crippen LogP contribution in [0.5, 0.6) is 0 Å². The van der Waals surface area contributed by atoms with Crippen LogP contribution in [-0.4, -0.2) is 11.0 Å². The highest BCUT2D eigenvalue weighted by molar-refractivity contribution is 5.45. The van der Waals surface area contributed by atoms with Crippen molar-refractivity contribution in [1.82, 2.24) is 4.98 Å². The SMILES string of the molecule is CCCC(C)Nc1ccc(N)nc1. The summed E-state index contributed by atoms with van der Waals surface area (Å²) in [6.07, 6.45) is 4.13. The van der Waals surface area contributed by atoms with Crippen LogP contribution < -0.4 is 11.1 Å². The van der Waals surface area contributed by atoms with Crippen molar-refractivity contribution in [2.75, 3.05) is 11.1 Å². The van der Waals surface area contributed by atoms with Gasteiger partial charge in [0.05, 0.1) is 11.9 Å². The molecule has 1 rings (SSSR count). The summed E-state index contributed by atoms with van der Waals surface area (Å²) in [5.41, 5.74) is 6.51. The molecule has 13 heavy (non-hydrogen) atoms. The van der Waals surface area contributed by atoms with E-state index in [0.717, 1.165) is 5.69 Å². The van der Waals surface area contributed by atoms with Gasteiger partial charge in [0, 0.05) is 6.04 Å². The van der Waals surface area contributed by atoms with Gasteiger partial charge in [-0.3, -0.25) is 0 Å². The van der Waals surface area contributed by atoms with E-state index >= 15 is 0 Å². The zero-order valence-corrected chi connectivity index (χ0v) is 8.25. The summed E-state index contributed by atoms with van der Waals surface area (Å²) >= 11 is 0. The Bertz CT molecular complexity index is 243. The van der Waals surface area contributed by atoms with E-state index in [0.29, 0.717) is 11.9 Å². The zero-order chi connectivity index (χ0) is 9.68. The van der Waals surface area contributed by atoms with Gasteiger partial charge in [-0.1, -0.05) is 13.3 Å². The Hall–Kier alpha value is -1.25. The number of aromatic nitrogens is 1. The molecule has 0 amide bonds. The van der Waals surface area contributed by atoms with Gasteiger partial charge in [-0.05, 0) is 25.5 Å². The van der Waals surface area contributed by atoms with Crippen molar-refractivity contribution in [2.45, 2.75) is 32.7 Å². The number of nitrogen functional groups attached to an aromatic ring is 1. The van der Waals surface area contributed by atoms with Gasteiger partial charge in [0.2, 0.25) is 0 Å². The Morgan fingerprint density at radius 2 is 2.31 bits per heavy atom. The maximum Gasteiger partial charge on any atom is 0.123 e. The normalized spacial score (nSPS) is 12.5. The van der Waals surface area contributed by atoms with E-state index in [1.807, 2.05) is 6.07 Å². The average molecular weight is 179 g/mol. The lowest BCUT2D eigenvalue weighted by atomic mass is 10.2. The first-order valence-corrected chi connectivity index (χ1v) is 4.70. The lowest BCUT2D eigenvalue weighted by Crippen LogP contribution is -2.14. The molecule has 0 aliphatic heterocycles. The van der Waals surface area contributed by atoms with Crippen LogP contribution >= 0.6 is 0 Å². The predicted molar refractivity (Wildman–Crippen MR) is 56.6 cm³/mol. The van der Waals surface area contributed by atoms with Gasteiger partial charge < -0.3 is 11.1 Å². The van der Waals surface area contributed by atoms with Crippen molar-refractivity contribution in [3.8, 4) is 0 Å². The molecule has 1 unspecified atom stereocenters.